The standard InChI is InChI=1S/C18H27NO4/c1-13(2)10-18(3,4)17(22)19(5)11-14-6-8-15(9-7-14)23-12-16(20)21/h6-9,13H,10-12H2,1-5H3,(H,20,21). The Bertz CT molecular complexity index is 534. The van der Waals surface area contributed by atoms with E-state index in [1.54, 1.807) is 24.1 Å². The van der Waals surface area contributed by atoms with E-state index < -0.39 is 5.97 Å². The molecule has 0 saturated carbocycles. The van der Waals surface area contributed by atoms with E-state index in [1.807, 2.05) is 26.0 Å². The molecule has 0 saturated heterocycles. The Morgan fingerprint density at radius 3 is 2.26 bits per heavy atom. The summed E-state index contributed by atoms with van der Waals surface area (Å²) in [5.74, 6) is 0.0856. The number of hydrogen-bond donors (Lipinski definition) is 1. The summed E-state index contributed by atoms with van der Waals surface area (Å²) in [7, 11) is 1.80. The van der Waals surface area contributed by atoms with Gasteiger partial charge >= 0.3 is 5.97 Å². The summed E-state index contributed by atoms with van der Waals surface area (Å²) in [5.41, 5.74) is 0.594. The number of carbonyl (C=O) groups excluding carboxylic acids is 1. The lowest BCUT2D eigenvalue weighted by molar-refractivity contribution is -0.140. The van der Waals surface area contributed by atoms with Crippen LogP contribution in [-0.2, 0) is 16.1 Å². The maximum absolute atomic E-state index is 12.6. The zero-order valence-corrected chi connectivity index (χ0v) is 14.6. The number of carboxylic acid groups (broad SMARTS) is 1. The zero-order valence-electron chi connectivity index (χ0n) is 14.6. The molecule has 0 aliphatic carbocycles. The maximum atomic E-state index is 12.6. The number of hydrogen-bond acceptors (Lipinski definition) is 3. The monoisotopic (exact) mass is 321 g/mol. The molecule has 1 aromatic rings. The lowest BCUT2D eigenvalue weighted by Gasteiger charge is -2.30. The molecule has 1 rings (SSSR count). The second-order valence-corrected chi connectivity index (χ2v) is 6.97. The van der Waals surface area contributed by atoms with Gasteiger partial charge in [0.2, 0.25) is 5.91 Å². The average molecular weight is 321 g/mol. The van der Waals surface area contributed by atoms with E-state index in [2.05, 4.69) is 13.8 Å². The van der Waals surface area contributed by atoms with Gasteiger partial charge in [-0.2, -0.15) is 0 Å². The number of carbonyl (C=O) groups is 2. The minimum Gasteiger partial charge on any atom is -0.482 e. The number of amides is 1. The highest BCUT2D eigenvalue weighted by atomic mass is 16.5. The molecule has 0 bridgehead atoms. The molecule has 0 radical (unpaired) electrons. The van der Waals surface area contributed by atoms with Gasteiger partial charge < -0.3 is 14.7 Å². The van der Waals surface area contributed by atoms with Gasteiger partial charge in [0.05, 0.1) is 0 Å². The second-order valence-electron chi connectivity index (χ2n) is 6.97. The first-order valence-electron chi connectivity index (χ1n) is 7.81. The lowest BCUT2D eigenvalue weighted by Crippen LogP contribution is -2.38. The van der Waals surface area contributed by atoms with Gasteiger partial charge in [0, 0.05) is 19.0 Å². The van der Waals surface area contributed by atoms with Crippen molar-refractivity contribution in [3.63, 3.8) is 0 Å². The van der Waals surface area contributed by atoms with Crippen molar-refractivity contribution in [3.8, 4) is 5.75 Å². The molecule has 0 aromatic heterocycles. The van der Waals surface area contributed by atoms with Crippen molar-refractivity contribution in [2.45, 2.75) is 40.7 Å². The van der Waals surface area contributed by atoms with Crippen molar-refractivity contribution in [1.82, 2.24) is 4.90 Å². The number of carboxylic acids is 1. The molecule has 5 heteroatoms. The van der Waals surface area contributed by atoms with Crippen LogP contribution >= 0.6 is 0 Å². The Balaban J connectivity index is 2.64. The van der Waals surface area contributed by atoms with Crippen LogP contribution in [0.25, 0.3) is 0 Å². The van der Waals surface area contributed by atoms with Crippen LogP contribution < -0.4 is 4.74 Å². The maximum Gasteiger partial charge on any atom is 0.341 e. The number of nitrogens with zero attached hydrogens (tertiary/aromatic N) is 1. The molecule has 1 aromatic carbocycles. The minimum absolute atomic E-state index is 0.123. The molecule has 23 heavy (non-hydrogen) atoms. The summed E-state index contributed by atoms with van der Waals surface area (Å²) < 4.78 is 5.09. The van der Waals surface area contributed by atoms with Gasteiger partial charge in [-0.1, -0.05) is 39.8 Å². The van der Waals surface area contributed by atoms with E-state index in [0.717, 1.165) is 12.0 Å². The van der Waals surface area contributed by atoms with Crippen LogP contribution in [0.5, 0.6) is 5.75 Å². The third-order valence-electron chi connectivity index (χ3n) is 3.55. The molecule has 0 unspecified atom stereocenters. The summed E-state index contributed by atoms with van der Waals surface area (Å²) >= 11 is 0. The van der Waals surface area contributed by atoms with Crippen molar-refractivity contribution in [2.24, 2.45) is 11.3 Å². The fourth-order valence-electron chi connectivity index (χ4n) is 2.81. The Morgan fingerprint density at radius 1 is 1.22 bits per heavy atom. The molecule has 0 heterocycles. The molecule has 5 nitrogen and oxygen atoms in total. The summed E-state index contributed by atoms with van der Waals surface area (Å²) in [6.45, 7) is 8.35. The molecule has 0 fully saturated rings. The van der Waals surface area contributed by atoms with E-state index in [9.17, 15) is 9.59 Å². The normalized spacial score (nSPS) is 11.4. The van der Waals surface area contributed by atoms with Crippen molar-refractivity contribution < 1.29 is 19.4 Å². The van der Waals surface area contributed by atoms with E-state index in [0.29, 0.717) is 18.2 Å². The van der Waals surface area contributed by atoms with E-state index >= 15 is 0 Å². The summed E-state index contributed by atoms with van der Waals surface area (Å²) in [5, 5.41) is 8.58. The molecule has 0 aliphatic heterocycles. The smallest absolute Gasteiger partial charge is 0.341 e. The van der Waals surface area contributed by atoms with Gasteiger partial charge in [0.1, 0.15) is 5.75 Å². The Morgan fingerprint density at radius 2 is 1.78 bits per heavy atom. The Hall–Kier alpha value is -2.04. The quantitative estimate of drug-likeness (QED) is 0.798. The first-order valence-corrected chi connectivity index (χ1v) is 7.81. The molecular formula is C18H27NO4. The molecular weight excluding hydrogens is 294 g/mol. The fourth-order valence-corrected chi connectivity index (χ4v) is 2.81. The Labute approximate surface area is 138 Å². The molecule has 128 valence electrons. The van der Waals surface area contributed by atoms with Crippen molar-refractivity contribution in [3.05, 3.63) is 29.8 Å². The van der Waals surface area contributed by atoms with Gasteiger partial charge in [0.15, 0.2) is 6.61 Å². The summed E-state index contributed by atoms with van der Waals surface area (Å²) in [4.78, 5) is 24.8. The molecule has 0 aliphatic rings. The average Bonchev–Trinajstić information content (AvgIpc) is 2.44. The predicted molar refractivity (Wildman–Crippen MR) is 89.3 cm³/mol. The van der Waals surface area contributed by atoms with E-state index in [4.69, 9.17) is 9.84 Å². The molecule has 0 atom stereocenters. The minimum atomic E-state index is -1.01. The zero-order chi connectivity index (χ0) is 17.6. The highest BCUT2D eigenvalue weighted by molar-refractivity contribution is 5.81. The summed E-state index contributed by atoms with van der Waals surface area (Å²) in [6, 6.07) is 7.12. The van der Waals surface area contributed by atoms with Gasteiger partial charge in [-0.15, -0.1) is 0 Å². The topological polar surface area (TPSA) is 66.8 Å². The first-order chi connectivity index (χ1) is 10.6. The van der Waals surface area contributed by atoms with Crippen LogP contribution in [0.15, 0.2) is 24.3 Å². The SMILES string of the molecule is CC(C)CC(C)(C)C(=O)N(C)Cc1ccc(OCC(=O)O)cc1. The predicted octanol–water partition coefficient (Wildman–Crippen LogP) is 3.18. The number of rotatable bonds is 8. The highest BCUT2D eigenvalue weighted by Crippen LogP contribution is 2.28. The molecule has 1 N–H and O–H groups in total. The van der Waals surface area contributed by atoms with Gasteiger partial charge in [-0.25, -0.2) is 4.79 Å². The highest BCUT2D eigenvalue weighted by Gasteiger charge is 2.31. The van der Waals surface area contributed by atoms with Gasteiger partial charge in [-0.05, 0) is 30.0 Å². The van der Waals surface area contributed by atoms with Crippen molar-refractivity contribution in [2.75, 3.05) is 13.7 Å². The molecule has 1 amide bonds. The number of ether oxygens (including phenoxy) is 1. The largest absolute Gasteiger partial charge is 0.482 e. The Kier molecular flexibility index (Phi) is 6.61. The van der Waals surface area contributed by atoms with Crippen LogP contribution in [0.3, 0.4) is 0 Å². The van der Waals surface area contributed by atoms with Crippen LogP contribution in [0.2, 0.25) is 0 Å². The third kappa shape index (κ3) is 6.30. The van der Waals surface area contributed by atoms with Crippen LogP contribution in [0.1, 0.15) is 39.7 Å². The van der Waals surface area contributed by atoms with Crippen molar-refractivity contribution >= 4 is 11.9 Å². The summed E-state index contributed by atoms with van der Waals surface area (Å²) in [6.07, 6.45) is 0.845. The molecule has 0 spiro atoms. The van der Waals surface area contributed by atoms with Crippen molar-refractivity contribution in [1.29, 1.82) is 0 Å². The van der Waals surface area contributed by atoms with Crippen LogP contribution in [0, 0.1) is 11.3 Å². The van der Waals surface area contributed by atoms with Crippen LogP contribution in [-0.4, -0.2) is 35.5 Å². The number of aliphatic carboxylic acids is 1. The van der Waals surface area contributed by atoms with Gasteiger partial charge in [-0.3, -0.25) is 4.79 Å². The van der Waals surface area contributed by atoms with Gasteiger partial charge in [0.25, 0.3) is 0 Å². The number of benzene rings is 1. The third-order valence-corrected chi connectivity index (χ3v) is 3.55. The fraction of sp³-hybridized carbons (Fsp3) is 0.556. The lowest BCUT2D eigenvalue weighted by atomic mass is 9.82. The van der Waals surface area contributed by atoms with Crippen LogP contribution in [0.4, 0.5) is 0 Å². The first kappa shape index (κ1) is 19.0. The van der Waals surface area contributed by atoms with E-state index in [-0.39, 0.29) is 17.9 Å². The second kappa shape index (κ2) is 7.99. The van der Waals surface area contributed by atoms with E-state index in [1.165, 1.54) is 0 Å².